The van der Waals surface area contributed by atoms with Crippen LogP contribution in [0, 0.1) is 20.8 Å². The van der Waals surface area contributed by atoms with Crippen LogP contribution in [0.2, 0.25) is 5.02 Å². The summed E-state index contributed by atoms with van der Waals surface area (Å²) in [6, 6.07) is 8.48. The smallest absolute Gasteiger partial charge is 0.106 e. The second kappa shape index (κ2) is 6.47. The molecular weight excluding hydrogens is 270 g/mol. The molecule has 3 heteroatoms. The number of aryl methyl sites for hydroxylation is 3. The maximum absolute atomic E-state index is 6.13. The summed E-state index contributed by atoms with van der Waals surface area (Å²) in [4.78, 5) is 0. The minimum atomic E-state index is 0.156. The minimum Gasteiger partial charge on any atom is -0.466 e. The van der Waals surface area contributed by atoms with Crippen molar-refractivity contribution in [1.29, 1.82) is 0 Å². The van der Waals surface area contributed by atoms with E-state index in [1.807, 2.05) is 26.8 Å². The Hall–Kier alpha value is -1.25. The number of furan rings is 1. The third-order valence-electron chi connectivity index (χ3n) is 3.50. The highest BCUT2D eigenvalue weighted by atomic mass is 35.5. The van der Waals surface area contributed by atoms with E-state index in [1.165, 1.54) is 11.1 Å². The monoisotopic (exact) mass is 291 g/mol. The van der Waals surface area contributed by atoms with Gasteiger partial charge in [-0.15, -0.1) is 0 Å². The summed E-state index contributed by atoms with van der Waals surface area (Å²) in [5, 5.41) is 4.41. The Morgan fingerprint density at radius 3 is 2.50 bits per heavy atom. The molecule has 0 aliphatic heterocycles. The van der Waals surface area contributed by atoms with E-state index >= 15 is 0 Å². The van der Waals surface area contributed by atoms with Crippen molar-refractivity contribution in [3.8, 4) is 0 Å². The van der Waals surface area contributed by atoms with Crippen molar-refractivity contribution in [2.24, 2.45) is 0 Å². The van der Waals surface area contributed by atoms with Gasteiger partial charge in [0, 0.05) is 10.6 Å². The maximum atomic E-state index is 6.13. The Morgan fingerprint density at radius 2 is 1.95 bits per heavy atom. The van der Waals surface area contributed by atoms with E-state index < -0.39 is 0 Å². The molecule has 0 fully saturated rings. The standard InChI is InChI=1S/C17H22ClNO/c1-5-8-19-17(15-10-12(3)20-13(15)4)14-6-7-16(18)11(2)9-14/h6-7,9-10,17,19H,5,8H2,1-4H3. The van der Waals surface area contributed by atoms with Gasteiger partial charge >= 0.3 is 0 Å². The molecule has 0 aliphatic carbocycles. The largest absolute Gasteiger partial charge is 0.466 e. The van der Waals surface area contributed by atoms with Crippen LogP contribution in [0.1, 0.15) is 47.6 Å². The lowest BCUT2D eigenvalue weighted by atomic mass is 9.97. The summed E-state index contributed by atoms with van der Waals surface area (Å²) in [5.74, 6) is 1.93. The van der Waals surface area contributed by atoms with E-state index in [-0.39, 0.29) is 6.04 Å². The average molecular weight is 292 g/mol. The van der Waals surface area contributed by atoms with E-state index in [2.05, 4.69) is 30.4 Å². The van der Waals surface area contributed by atoms with Gasteiger partial charge in [0.1, 0.15) is 11.5 Å². The van der Waals surface area contributed by atoms with Gasteiger partial charge in [0.15, 0.2) is 0 Å². The summed E-state index contributed by atoms with van der Waals surface area (Å²) >= 11 is 6.13. The molecule has 1 aromatic carbocycles. The number of benzene rings is 1. The van der Waals surface area contributed by atoms with E-state index in [9.17, 15) is 0 Å². The van der Waals surface area contributed by atoms with Crippen LogP contribution in [0.4, 0.5) is 0 Å². The normalized spacial score (nSPS) is 12.7. The van der Waals surface area contributed by atoms with Gasteiger partial charge < -0.3 is 9.73 Å². The van der Waals surface area contributed by atoms with Gasteiger partial charge in [-0.1, -0.05) is 30.7 Å². The molecule has 1 N–H and O–H groups in total. The summed E-state index contributed by atoms with van der Waals surface area (Å²) in [6.07, 6.45) is 1.10. The van der Waals surface area contributed by atoms with Crippen LogP contribution in [-0.4, -0.2) is 6.54 Å². The molecule has 0 radical (unpaired) electrons. The van der Waals surface area contributed by atoms with Gasteiger partial charge in [-0.25, -0.2) is 0 Å². The molecule has 0 bridgehead atoms. The molecule has 2 rings (SSSR count). The summed E-state index contributed by atoms with van der Waals surface area (Å²) in [7, 11) is 0. The molecule has 2 aromatic rings. The van der Waals surface area contributed by atoms with Gasteiger partial charge in [-0.3, -0.25) is 0 Å². The van der Waals surface area contributed by atoms with E-state index in [4.69, 9.17) is 16.0 Å². The van der Waals surface area contributed by atoms with Crippen molar-refractivity contribution < 1.29 is 4.42 Å². The lowest BCUT2D eigenvalue weighted by molar-refractivity contribution is 0.493. The van der Waals surface area contributed by atoms with Crippen LogP contribution >= 0.6 is 11.6 Å². The van der Waals surface area contributed by atoms with Crippen molar-refractivity contribution in [1.82, 2.24) is 5.32 Å². The molecular formula is C17H22ClNO. The number of hydrogen-bond acceptors (Lipinski definition) is 2. The van der Waals surface area contributed by atoms with Crippen LogP contribution in [0.25, 0.3) is 0 Å². The van der Waals surface area contributed by atoms with Crippen LogP contribution in [0.5, 0.6) is 0 Å². The van der Waals surface area contributed by atoms with E-state index in [0.717, 1.165) is 35.1 Å². The zero-order valence-corrected chi connectivity index (χ0v) is 13.3. The molecule has 0 saturated carbocycles. The predicted molar refractivity (Wildman–Crippen MR) is 84.5 cm³/mol. The fourth-order valence-corrected chi connectivity index (χ4v) is 2.60. The number of halogens is 1. The number of nitrogens with one attached hydrogen (secondary N) is 1. The lowest BCUT2D eigenvalue weighted by Gasteiger charge is -2.19. The van der Waals surface area contributed by atoms with Gasteiger partial charge in [0.05, 0.1) is 6.04 Å². The SMILES string of the molecule is CCCNC(c1ccc(Cl)c(C)c1)c1cc(C)oc1C. The van der Waals surface area contributed by atoms with E-state index in [0.29, 0.717) is 0 Å². The summed E-state index contributed by atoms with van der Waals surface area (Å²) < 4.78 is 5.68. The topological polar surface area (TPSA) is 25.2 Å². The van der Waals surface area contributed by atoms with Gasteiger partial charge in [-0.2, -0.15) is 0 Å². The Balaban J connectivity index is 2.41. The van der Waals surface area contributed by atoms with Crippen LogP contribution < -0.4 is 5.32 Å². The highest BCUT2D eigenvalue weighted by Crippen LogP contribution is 2.29. The van der Waals surface area contributed by atoms with E-state index in [1.54, 1.807) is 0 Å². The second-order valence-electron chi connectivity index (χ2n) is 5.26. The molecule has 2 nitrogen and oxygen atoms in total. The highest BCUT2D eigenvalue weighted by molar-refractivity contribution is 6.31. The van der Waals surface area contributed by atoms with Crippen LogP contribution in [0.15, 0.2) is 28.7 Å². The van der Waals surface area contributed by atoms with Gasteiger partial charge in [0.25, 0.3) is 0 Å². The minimum absolute atomic E-state index is 0.156. The summed E-state index contributed by atoms with van der Waals surface area (Å²) in [5.41, 5.74) is 3.53. The first-order valence-corrected chi connectivity index (χ1v) is 7.47. The Labute approximate surface area is 126 Å². The maximum Gasteiger partial charge on any atom is 0.106 e. The number of hydrogen-bond donors (Lipinski definition) is 1. The fraction of sp³-hybridized carbons (Fsp3) is 0.412. The Kier molecular flexibility index (Phi) is 4.90. The highest BCUT2D eigenvalue weighted by Gasteiger charge is 2.19. The molecule has 1 unspecified atom stereocenters. The second-order valence-corrected chi connectivity index (χ2v) is 5.67. The first-order chi connectivity index (χ1) is 9.52. The van der Waals surface area contributed by atoms with Crippen molar-refractivity contribution in [3.63, 3.8) is 0 Å². The molecule has 0 spiro atoms. The molecule has 0 saturated heterocycles. The molecule has 0 amide bonds. The van der Waals surface area contributed by atoms with Gasteiger partial charge in [0.2, 0.25) is 0 Å². The Bertz CT molecular complexity index is 589. The van der Waals surface area contributed by atoms with Crippen LogP contribution in [-0.2, 0) is 0 Å². The molecule has 108 valence electrons. The summed E-state index contributed by atoms with van der Waals surface area (Å²) in [6.45, 7) is 9.18. The number of rotatable bonds is 5. The zero-order chi connectivity index (χ0) is 14.7. The molecule has 0 aliphatic rings. The zero-order valence-electron chi connectivity index (χ0n) is 12.6. The molecule has 1 heterocycles. The van der Waals surface area contributed by atoms with Crippen molar-refractivity contribution in [2.75, 3.05) is 6.54 Å². The van der Waals surface area contributed by atoms with Gasteiger partial charge in [-0.05, 0) is 57.0 Å². The first kappa shape index (κ1) is 15.1. The quantitative estimate of drug-likeness (QED) is 0.843. The fourth-order valence-electron chi connectivity index (χ4n) is 2.48. The van der Waals surface area contributed by atoms with Crippen molar-refractivity contribution in [3.05, 3.63) is 57.5 Å². The average Bonchev–Trinajstić information content (AvgIpc) is 2.73. The molecule has 1 atom stereocenters. The molecule has 20 heavy (non-hydrogen) atoms. The third kappa shape index (κ3) is 3.25. The molecule has 1 aromatic heterocycles. The Morgan fingerprint density at radius 1 is 1.20 bits per heavy atom. The first-order valence-electron chi connectivity index (χ1n) is 7.09. The lowest BCUT2D eigenvalue weighted by Crippen LogP contribution is -2.23. The third-order valence-corrected chi connectivity index (χ3v) is 3.93. The van der Waals surface area contributed by atoms with Crippen LogP contribution in [0.3, 0.4) is 0 Å². The van der Waals surface area contributed by atoms with Crippen molar-refractivity contribution >= 4 is 11.6 Å². The predicted octanol–water partition coefficient (Wildman–Crippen LogP) is 4.95. The van der Waals surface area contributed by atoms with Crippen molar-refractivity contribution in [2.45, 2.75) is 40.2 Å².